The zero-order valence-electron chi connectivity index (χ0n) is 14.0. The van der Waals surface area contributed by atoms with Gasteiger partial charge < -0.3 is 14.6 Å². The number of benzene rings is 1. The number of hydrogen-bond acceptors (Lipinski definition) is 5. The van der Waals surface area contributed by atoms with Crippen molar-refractivity contribution in [3.05, 3.63) is 53.9 Å². The van der Waals surface area contributed by atoms with Gasteiger partial charge in [0.15, 0.2) is 11.0 Å². The first-order valence-electron chi connectivity index (χ1n) is 7.61. The van der Waals surface area contributed by atoms with Gasteiger partial charge in [0.2, 0.25) is 5.91 Å². The van der Waals surface area contributed by atoms with Gasteiger partial charge >= 0.3 is 0 Å². The fourth-order valence-electron chi connectivity index (χ4n) is 2.06. The van der Waals surface area contributed by atoms with Crippen LogP contribution in [0.4, 0.5) is 0 Å². The second-order valence-corrected chi connectivity index (χ2v) is 6.22. The smallest absolute Gasteiger partial charge is 0.230 e. The third kappa shape index (κ3) is 5.21. The highest BCUT2D eigenvalue weighted by Gasteiger charge is 2.13. The lowest BCUT2D eigenvalue weighted by Crippen LogP contribution is -2.24. The number of hydrogen-bond donors (Lipinski definition) is 1. The lowest BCUT2D eigenvalue weighted by molar-refractivity contribution is -0.118. The monoisotopic (exact) mass is 346 g/mol. The van der Waals surface area contributed by atoms with Crippen LogP contribution in [0.3, 0.4) is 0 Å². The molecule has 128 valence electrons. The second kappa shape index (κ2) is 9.24. The van der Waals surface area contributed by atoms with Crippen molar-refractivity contribution < 1.29 is 9.53 Å². The molecule has 2 rings (SSSR count). The van der Waals surface area contributed by atoms with E-state index in [1.54, 1.807) is 13.2 Å². The molecule has 0 saturated carbocycles. The molecule has 0 unspecified atom stereocenters. The molecule has 1 N–H and O–H groups in total. The Balaban J connectivity index is 1.87. The predicted molar refractivity (Wildman–Crippen MR) is 94.7 cm³/mol. The van der Waals surface area contributed by atoms with Crippen LogP contribution >= 0.6 is 11.8 Å². The number of ether oxygens (including phenoxy) is 1. The number of rotatable bonds is 9. The zero-order valence-corrected chi connectivity index (χ0v) is 14.8. The molecule has 2 aromatic rings. The summed E-state index contributed by atoms with van der Waals surface area (Å²) in [4.78, 5) is 12.0. The highest BCUT2D eigenvalue weighted by molar-refractivity contribution is 7.99. The Labute approximate surface area is 146 Å². The largest absolute Gasteiger partial charge is 0.377 e. The molecule has 0 radical (unpaired) electrons. The Morgan fingerprint density at radius 3 is 2.79 bits per heavy atom. The van der Waals surface area contributed by atoms with Gasteiger partial charge in [0, 0.05) is 20.2 Å². The van der Waals surface area contributed by atoms with E-state index in [0.717, 1.165) is 11.4 Å². The first kappa shape index (κ1) is 18.2. The topological polar surface area (TPSA) is 69.0 Å². The summed E-state index contributed by atoms with van der Waals surface area (Å²) in [5.41, 5.74) is 2.28. The minimum Gasteiger partial charge on any atom is -0.377 e. The van der Waals surface area contributed by atoms with E-state index in [9.17, 15) is 4.79 Å². The number of methoxy groups -OCH3 is 1. The minimum absolute atomic E-state index is 0.0398. The number of amides is 1. The second-order valence-electron chi connectivity index (χ2n) is 5.28. The highest BCUT2D eigenvalue weighted by atomic mass is 32.2. The molecule has 1 aromatic carbocycles. The first-order valence-corrected chi connectivity index (χ1v) is 8.59. The van der Waals surface area contributed by atoms with Crippen molar-refractivity contribution in [1.29, 1.82) is 0 Å². The molecular weight excluding hydrogens is 324 g/mol. The van der Waals surface area contributed by atoms with Gasteiger partial charge in [0.1, 0.15) is 6.61 Å². The van der Waals surface area contributed by atoms with Gasteiger partial charge in [0.25, 0.3) is 0 Å². The zero-order chi connectivity index (χ0) is 17.4. The number of carbonyl (C=O) groups is 1. The molecule has 0 spiro atoms. The molecule has 6 nitrogen and oxygen atoms in total. The quantitative estimate of drug-likeness (QED) is 0.557. The van der Waals surface area contributed by atoms with Gasteiger partial charge in [-0.05, 0) is 12.5 Å². The summed E-state index contributed by atoms with van der Waals surface area (Å²) in [6.07, 6.45) is 1.77. The molecule has 0 fully saturated rings. The minimum atomic E-state index is -0.0398. The third-order valence-corrected chi connectivity index (χ3v) is 4.29. The molecule has 7 heteroatoms. The Morgan fingerprint density at radius 2 is 2.12 bits per heavy atom. The summed E-state index contributed by atoms with van der Waals surface area (Å²) in [6, 6.07) is 8.09. The van der Waals surface area contributed by atoms with Gasteiger partial charge in [0.05, 0.1) is 5.75 Å². The van der Waals surface area contributed by atoms with Crippen LogP contribution < -0.4 is 5.32 Å². The van der Waals surface area contributed by atoms with E-state index >= 15 is 0 Å². The average molecular weight is 346 g/mol. The lowest BCUT2D eigenvalue weighted by atomic mass is 10.1. The molecule has 0 aliphatic rings. The highest BCUT2D eigenvalue weighted by Crippen LogP contribution is 2.17. The number of carbonyl (C=O) groups excluding carboxylic acids is 1. The summed E-state index contributed by atoms with van der Waals surface area (Å²) >= 11 is 1.35. The number of allylic oxidation sites excluding steroid dienone is 1. The Bertz CT molecular complexity index is 682. The fraction of sp³-hybridized carbons (Fsp3) is 0.353. The van der Waals surface area contributed by atoms with E-state index in [-0.39, 0.29) is 11.7 Å². The molecule has 0 bridgehead atoms. The van der Waals surface area contributed by atoms with Gasteiger partial charge in [-0.15, -0.1) is 16.8 Å². The van der Waals surface area contributed by atoms with Gasteiger partial charge in [-0.2, -0.15) is 0 Å². The van der Waals surface area contributed by atoms with Crippen molar-refractivity contribution in [2.45, 2.75) is 31.8 Å². The van der Waals surface area contributed by atoms with Crippen LogP contribution in [0.25, 0.3) is 0 Å². The van der Waals surface area contributed by atoms with Crippen LogP contribution in [0.5, 0.6) is 0 Å². The summed E-state index contributed by atoms with van der Waals surface area (Å²) in [6.45, 7) is 7.25. The summed E-state index contributed by atoms with van der Waals surface area (Å²) in [7, 11) is 1.61. The number of nitrogens with zero attached hydrogens (tertiary/aromatic N) is 3. The maximum absolute atomic E-state index is 12.0. The van der Waals surface area contributed by atoms with Crippen molar-refractivity contribution in [2.24, 2.45) is 0 Å². The van der Waals surface area contributed by atoms with Crippen LogP contribution in [-0.4, -0.2) is 33.5 Å². The van der Waals surface area contributed by atoms with Crippen LogP contribution in [-0.2, 0) is 29.2 Å². The maximum Gasteiger partial charge on any atom is 0.230 e. The summed E-state index contributed by atoms with van der Waals surface area (Å²) in [5.74, 6) is 0.968. The molecule has 0 aliphatic carbocycles. The number of nitrogens with one attached hydrogen (secondary N) is 1. The van der Waals surface area contributed by atoms with Gasteiger partial charge in [-0.3, -0.25) is 4.79 Å². The SMILES string of the molecule is C=CCn1c(COC)nnc1SCC(=O)NCc1ccc(C)cc1. The maximum atomic E-state index is 12.0. The molecule has 0 aliphatic heterocycles. The number of aromatic nitrogens is 3. The van der Waals surface area contributed by atoms with Crippen molar-refractivity contribution in [1.82, 2.24) is 20.1 Å². The Hall–Kier alpha value is -2.12. The summed E-state index contributed by atoms with van der Waals surface area (Å²) < 4.78 is 7.00. The van der Waals surface area contributed by atoms with Crippen LogP contribution in [0.1, 0.15) is 17.0 Å². The predicted octanol–water partition coefficient (Wildman–Crippen LogP) is 2.33. The Kier molecular flexibility index (Phi) is 7.02. The average Bonchev–Trinajstić information content (AvgIpc) is 2.95. The van der Waals surface area contributed by atoms with Crippen molar-refractivity contribution in [3.63, 3.8) is 0 Å². The molecule has 1 aromatic heterocycles. The van der Waals surface area contributed by atoms with Crippen molar-refractivity contribution in [3.8, 4) is 0 Å². The Morgan fingerprint density at radius 1 is 1.38 bits per heavy atom. The lowest BCUT2D eigenvalue weighted by Gasteiger charge is -2.08. The molecule has 1 heterocycles. The van der Waals surface area contributed by atoms with Crippen LogP contribution in [0, 0.1) is 6.92 Å². The normalized spacial score (nSPS) is 10.6. The van der Waals surface area contributed by atoms with Crippen molar-refractivity contribution >= 4 is 17.7 Å². The standard InChI is InChI=1S/C17H22N4O2S/c1-4-9-21-15(11-23-3)19-20-17(21)24-12-16(22)18-10-14-7-5-13(2)6-8-14/h4-8H,1,9-12H2,2-3H3,(H,18,22). The van der Waals surface area contributed by atoms with E-state index in [0.29, 0.717) is 24.9 Å². The first-order chi connectivity index (χ1) is 11.6. The van der Waals surface area contributed by atoms with E-state index in [1.807, 2.05) is 35.8 Å². The number of aryl methyl sites for hydroxylation is 1. The molecular formula is C17H22N4O2S. The van der Waals surface area contributed by atoms with Crippen LogP contribution in [0.2, 0.25) is 0 Å². The molecule has 0 atom stereocenters. The third-order valence-electron chi connectivity index (χ3n) is 3.32. The number of thioether (sulfide) groups is 1. The van der Waals surface area contributed by atoms with E-state index in [4.69, 9.17) is 4.74 Å². The van der Waals surface area contributed by atoms with E-state index in [1.165, 1.54) is 17.3 Å². The van der Waals surface area contributed by atoms with Gasteiger partial charge in [-0.25, -0.2) is 0 Å². The fourth-order valence-corrected chi connectivity index (χ4v) is 2.86. The molecule has 24 heavy (non-hydrogen) atoms. The summed E-state index contributed by atoms with van der Waals surface area (Å²) in [5, 5.41) is 11.8. The van der Waals surface area contributed by atoms with E-state index < -0.39 is 0 Å². The van der Waals surface area contributed by atoms with Gasteiger partial charge in [-0.1, -0.05) is 47.7 Å². The molecule has 0 saturated heterocycles. The molecule has 1 amide bonds. The van der Waals surface area contributed by atoms with Crippen molar-refractivity contribution in [2.75, 3.05) is 12.9 Å². The van der Waals surface area contributed by atoms with E-state index in [2.05, 4.69) is 22.1 Å². The van der Waals surface area contributed by atoms with Crippen LogP contribution in [0.15, 0.2) is 42.1 Å².